The number of fused-ring (bicyclic) bond motifs is 2. The summed E-state index contributed by atoms with van der Waals surface area (Å²) >= 11 is 0. The Morgan fingerprint density at radius 1 is 1.24 bits per heavy atom. The van der Waals surface area contributed by atoms with Crippen molar-refractivity contribution in [3.63, 3.8) is 0 Å². The van der Waals surface area contributed by atoms with Crippen molar-refractivity contribution in [3.8, 4) is 0 Å². The van der Waals surface area contributed by atoms with Gasteiger partial charge in [0, 0.05) is 24.9 Å². The number of hydrogen-bond acceptors (Lipinski definition) is 9. The number of esters is 1. The average molecular weight is 459 g/mol. The van der Waals surface area contributed by atoms with Gasteiger partial charge in [-0.2, -0.15) is 0 Å². The highest BCUT2D eigenvalue weighted by Gasteiger charge is 2.54. The third-order valence-corrected chi connectivity index (χ3v) is 7.26. The molecule has 10 nitrogen and oxygen atoms in total. The van der Waals surface area contributed by atoms with Crippen LogP contribution in [0.5, 0.6) is 0 Å². The van der Waals surface area contributed by atoms with E-state index < -0.39 is 5.79 Å². The standard InChI is InChI=1S/C23H34N6O4/c1-4-31-17(30)6-5-13-7-15(8-13)25-10-14-9-16(20-19(14)32-23(2,3)33-20)29-12-28-18-21(24)26-11-27-22(18)29/h11-16,19-20,25H,4-10H2,1-3H3,(H2,24,26,27)/t13?,14-,15?,16-,19-,20+/m1/s1. The first-order chi connectivity index (χ1) is 15.8. The van der Waals surface area contributed by atoms with Crippen LogP contribution in [0.4, 0.5) is 5.82 Å². The summed E-state index contributed by atoms with van der Waals surface area (Å²) in [4.78, 5) is 24.5. The van der Waals surface area contributed by atoms with E-state index in [9.17, 15) is 4.79 Å². The predicted molar refractivity (Wildman–Crippen MR) is 121 cm³/mol. The van der Waals surface area contributed by atoms with E-state index in [1.165, 1.54) is 6.33 Å². The zero-order valence-corrected chi connectivity index (χ0v) is 19.6. The van der Waals surface area contributed by atoms with Crippen LogP contribution in [-0.4, -0.2) is 62.7 Å². The number of aromatic nitrogens is 4. The summed E-state index contributed by atoms with van der Waals surface area (Å²) in [5, 5.41) is 3.73. The van der Waals surface area contributed by atoms with Crippen molar-refractivity contribution >= 4 is 23.0 Å². The molecule has 0 aromatic carbocycles. The summed E-state index contributed by atoms with van der Waals surface area (Å²) < 4.78 is 19.8. The van der Waals surface area contributed by atoms with Gasteiger partial charge in [0.15, 0.2) is 17.3 Å². The molecule has 0 spiro atoms. The maximum atomic E-state index is 11.6. The van der Waals surface area contributed by atoms with Gasteiger partial charge in [-0.3, -0.25) is 4.79 Å². The molecule has 1 aliphatic heterocycles. The summed E-state index contributed by atoms with van der Waals surface area (Å²) in [5.74, 6) is 0.598. The molecule has 4 atom stereocenters. The molecule has 3 N–H and O–H groups in total. The molecule has 0 amide bonds. The van der Waals surface area contributed by atoms with Crippen molar-refractivity contribution in [3.05, 3.63) is 12.7 Å². The van der Waals surface area contributed by atoms with Crippen LogP contribution < -0.4 is 11.1 Å². The molecule has 2 saturated carbocycles. The van der Waals surface area contributed by atoms with Crippen molar-refractivity contribution in [2.75, 3.05) is 18.9 Å². The third-order valence-electron chi connectivity index (χ3n) is 7.26. The van der Waals surface area contributed by atoms with Crippen molar-refractivity contribution in [2.24, 2.45) is 11.8 Å². The minimum atomic E-state index is -0.620. The molecule has 5 rings (SSSR count). The van der Waals surface area contributed by atoms with Crippen LogP contribution >= 0.6 is 0 Å². The molecule has 2 aliphatic carbocycles. The quantitative estimate of drug-likeness (QED) is 0.572. The Morgan fingerprint density at radius 3 is 2.82 bits per heavy atom. The zero-order chi connectivity index (χ0) is 23.2. The van der Waals surface area contributed by atoms with Crippen molar-refractivity contribution < 1.29 is 19.0 Å². The number of carbonyl (C=O) groups excluding carboxylic acids is 1. The Bertz CT molecular complexity index is 1000. The summed E-state index contributed by atoms with van der Waals surface area (Å²) in [6, 6.07) is 0.563. The Labute approximate surface area is 193 Å². The number of ether oxygens (including phenoxy) is 3. The van der Waals surface area contributed by atoms with Crippen molar-refractivity contribution in [2.45, 2.75) is 83.0 Å². The number of anilines is 1. The number of hydrogen-bond donors (Lipinski definition) is 2. The molecule has 180 valence electrons. The number of rotatable bonds is 8. The van der Waals surface area contributed by atoms with Gasteiger partial charge in [0.1, 0.15) is 17.9 Å². The van der Waals surface area contributed by atoms with E-state index in [0.717, 1.165) is 37.9 Å². The van der Waals surface area contributed by atoms with E-state index >= 15 is 0 Å². The molecule has 10 heteroatoms. The molecule has 33 heavy (non-hydrogen) atoms. The number of imidazole rings is 1. The van der Waals surface area contributed by atoms with Crippen LogP contribution in [0, 0.1) is 11.8 Å². The van der Waals surface area contributed by atoms with E-state index in [-0.39, 0.29) is 24.2 Å². The van der Waals surface area contributed by atoms with Crippen LogP contribution in [0.25, 0.3) is 11.2 Å². The number of carbonyl (C=O) groups is 1. The SMILES string of the molecule is CCOC(=O)CCC1CC(NC[C@H]2C[C@@H](n3cnc4c(N)ncnc43)[C@@H]3OC(C)(C)O[C@H]23)C1. The van der Waals surface area contributed by atoms with Gasteiger partial charge >= 0.3 is 5.97 Å². The average Bonchev–Trinajstić information content (AvgIpc) is 3.38. The fraction of sp³-hybridized carbons (Fsp3) is 0.739. The molecule has 3 fully saturated rings. The summed E-state index contributed by atoms with van der Waals surface area (Å²) in [5.41, 5.74) is 7.35. The molecule has 2 aromatic rings. The second-order valence-electron chi connectivity index (χ2n) is 10.00. The first-order valence-corrected chi connectivity index (χ1v) is 12.0. The molecule has 0 radical (unpaired) electrons. The second kappa shape index (κ2) is 8.81. The minimum absolute atomic E-state index is 0.00817. The van der Waals surface area contributed by atoms with Gasteiger partial charge in [-0.15, -0.1) is 0 Å². The summed E-state index contributed by atoms with van der Waals surface area (Å²) in [6.07, 6.45) is 7.77. The molecule has 0 bridgehead atoms. The monoisotopic (exact) mass is 458 g/mol. The zero-order valence-electron chi connectivity index (χ0n) is 19.6. The van der Waals surface area contributed by atoms with Crippen LogP contribution in [0.1, 0.15) is 58.9 Å². The Kier molecular flexibility index (Phi) is 6.00. The van der Waals surface area contributed by atoms with Gasteiger partial charge in [-0.25, -0.2) is 15.0 Å². The number of nitrogens with one attached hydrogen (secondary N) is 1. The molecule has 3 aliphatic rings. The lowest BCUT2D eigenvalue weighted by molar-refractivity contribution is -0.160. The minimum Gasteiger partial charge on any atom is -0.466 e. The van der Waals surface area contributed by atoms with Gasteiger partial charge in [-0.05, 0) is 52.4 Å². The largest absolute Gasteiger partial charge is 0.466 e. The topological polar surface area (TPSA) is 126 Å². The van der Waals surface area contributed by atoms with Crippen LogP contribution in [0.2, 0.25) is 0 Å². The van der Waals surface area contributed by atoms with Crippen molar-refractivity contribution in [1.82, 2.24) is 24.8 Å². The Hall–Kier alpha value is -2.30. The van der Waals surface area contributed by atoms with Gasteiger partial charge in [0.25, 0.3) is 0 Å². The van der Waals surface area contributed by atoms with Crippen LogP contribution in [0.15, 0.2) is 12.7 Å². The predicted octanol–water partition coefficient (Wildman–Crippen LogP) is 2.20. The highest BCUT2D eigenvalue weighted by atomic mass is 16.8. The number of nitrogens with two attached hydrogens (primary N) is 1. The fourth-order valence-corrected chi connectivity index (χ4v) is 5.65. The van der Waals surface area contributed by atoms with E-state index in [1.807, 2.05) is 20.8 Å². The maximum absolute atomic E-state index is 11.6. The first-order valence-electron chi connectivity index (χ1n) is 12.0. The van der Waals surface area contributed by atoms with Gasteiger partial charge in [0.2, 0.25) is 0 Å². The summed E-state index contributed by atoms with van der Waals surface area (Å²) in [6.45, 7) is 7.11. The molecule has 2 aromatic heterocycles. The lowest BCUT2D eigenvalue weighted by Gasteiger charge is -2.37. The number of nitrogens with zero attached hydrogens (tertiary/aromatic N) is 4. The molecule has 1 saturated heterocycles. The highest BCUT2D eigenvalue weighted by Crippen LogP contribution is 2.47. The normalized spacial score (nSPS) is 32.6. The van der Waals surface area contributed by atoms with E-state index in [4.69, 9.17) is 19.9 Å². The van der Waals surface area contributed by atoms with Crippen molar-refractivity contribution in [1.29, 1.82) is 0 Å². The molecular weight excluding hydrogens is 424 g/mol. The summed E-state index contributed by atoms with van der Waals surface area (Å²) in [7, 11) is 0. The third kappa shape index (κ3) is 4.43. The van der Waals surface area contributed by atoms with E-state index in [1.54, 1.807) is 6.33 Å². The second-order valence-corrected chi connectivity index (χ2v) is 10.00. The number of nitrogen functional groups attached to an aromatic ring is 1. The lowest BCUT2D eigenvalue weighted by Crippen LogP contribution is -2.44. The van der Waals surface area contributed by atoms with E-state index in [2.05, 4.69) is 24.8 Å². The first kappa shape index (κ1) is 22.5. The van der Waals surface area contributed by atoms with Gasteiger partial charge < -0.3 is 29.8 Å². The highest BCUT2D eigenvalue weighted by molar-refractivity contribution is 5.81. The molecular formula is C23H34N6O4. The Morgan fingerprint density at radius 2 is 2.03 bits per heavy atom. The lowest BCUT2D eigenvalue weighted by atomic mass is 9.77. The molecule has 3 heterocycles. The van der Waals surface area contributed by atoms with Crippen LogP contribution in [-0.2, 0) is 19.0 Å². The Balaban J connectivity index is 1.21. The van der Waals surface area contributed by atoms with Gasteiger partial charge in [0.05, 0.1) is 25.1 Å². The van der Waals surface area contributed by atoms with E-state index in [0.29, 0.717) is 42.2 Å². The molecule has 0 unspecified atom stereocenters. The fourth-order valence-electron chi connectivity index (χ4n) is 5.65. The van der Waals surface area contributed by atoms with Crippen LogP contribution in [0.3, 0.4) is 0 Å². The van der Waals surface area contributed by atoms with Gasteiger partial charge in [-0.1, -0.05) is 0 Å². The maximum Gasteiger partial charge on any atom is 0.305 e. The smallest absolute Gasteiger partial charge is 0.305 e.